The highest BCUT2D eigenvalue weighted by Crippen LogP contribution is 2.38. The predicted octanol–water partition coefficient (Wildman–Crippen LogP) is 5.30. The van der Waals surface area contributed by atoms with Crippen molar-refractivity contribution in [1.29, 1.82) is 0 Å². The summed E-state index contributed by atoms with van der Waals surface area (Å²) in [6, 6.07) is 5.39. The van der Waals surface area contributed by atoms with Gasteiger partial charge in [-0.1, -0.05) is 19.4 Å². The summed E-state index contributed by atoms with van der Waals surface area (Å²) >= 11 is 0. The van der Waals surface area contributed by atoms with Crippen molar-refractivity contribution >= 4 is 11.9 Å². The molecule has 32 heavy (non-hydrogen) atoms. The molecule has 1 aromatic heterocycles. The molecule has 0 saturated carbocycles. The Hall–Kier alpha value is -3.09. The number of hydrogen-bond acceptors (Lipinski definition) is 7. The number of aromatic nitrogens is 1. The molecular weight excluding hydrogens is 410 g/mol. The number of esters is 2. The van der Waals surface area contributed by atoms with Crippen molar-refractivity contribution < 1.29 is 28.5 Å². The second kappa shape index (κ2) is 12.1. The minimum atomic E-state index is -0.542. The molecule has 0 spiro atoms. The Morgan fingerprint density at radius 1 is 0.812 bits per heavy atom. The Kier molecular flexibility index (Phi) is 9.50. The first-order valence-electron chi connectivity index (χ1n) is 11.1. The number of ether oxygens (including phenoxy) is 4. The lowest BCUT2D eigenvalue weighted by molar-refractivity contribution is 0.0525. The zero-order valence-electron chi connectivity index (χ0n) is 19.9. The van der Waals surface area contributed by atoms with E-state index in [-0.39, 0.29) is 24.3 Å². The quantitative estimate of drug-likeness (QED) is 0.344. The second-order valence-electron chi connectivity index (χ2n) is 7.15. The summed E-state index contributed by atoms with van der Waals surface area (Å²) in [7, 11) is 0. The highest BCUT2D eigenvalue weighted by Gasteiger charge is 2.28. The molecule has 174 valence electrons. The van der Waals surface area contributed by atoms with Gasteiger partial charge in [0.15, 0.2) is 11.5 Å². The van der Waals surface area contributed by atoms with Crippen LogP contribution in [0.2, 0.25) is 0 Å². The van der Waals surface area contributed by atoms with Crippen molar-refractivity contribution in [2.75, 3.05) is 26.4 Å². The van der Waals surface area contributed by atoms with Crippen molar-refractivity contribution in [2.45, 2.75) is 54.4 Å². The summed E-state index contributed by atoms with van der Waals surface area (Å²) in [6.07, 6.45) is 1.94. The van der Waals surface area contributed by atoms with E-state index < -0.39 is 11.9 Å². The van der Waals surface area contributed by atoms with Crippen LogP contribution in [0.1, 0.15) is 72.6 Å². The summed E-state index contributed by atoms with van der Waals surface area (Å²) in [5.74, 6) is 0.0679. The average Bonchev–Trinajstić information content (AvgIpc) is 2.74. The average molecular weight is 444 g/mol. The fraction of sp³-hybridized carbons (Fsp3) is 0.480. The number of nitrogens with zero attached hydrogens (tertiary/aromatic N) is 1. The number of carbonyl (C=O) groups excluding carboxylic acids is 2. The van der Waals surface area contributed by atoms with Crippen molar-refractivity contribution in [1.82, 2.24) is 4.98 Å². The fourth-order valence-corrected chi connectivity index (χ4v) is 3.42. The number of benzene rings is 1. The smallest absolute Gasteiger partial charge is 0.340 e. The number of rotatable bonds is 11. The third kappa shape index (κ3) is 5.78. The highest BCUT2D eigenvalue weighted by atomic mass is 16.5. The normalized spacial score (nSPS) is 10.6. The van der Waals surface area contributed by atoms with Crippen LogP contribution >= 0.6 is 0 Å². The maximum Gasteiger partial charge on any atom is 0.340 e. The first-order chi connectivity index (χ1) is 15.4. The zero-order valence-corrected chi connectivity index (χ0v) is 19.9. The molecular formula is C25H33NO6. The number of unbranched alkanes of at least 4 members (excludes halogenated alkanes) is 1. The molecule has 0 aliphatic heterocycles. The lowest BCUT2D eigenvalue weighted by Crippen LogP contribution is -2.17. The van der Waals surface area contributed by atoms with Gasteiger partial charge in [-0.25, -0.2) is 9.59 Å². The molecule has 0 aliphatic rings. The van der Waals surface area contributed by atoms with Gasteiger partial charge in [0.1, 0.15) is 0 Å². The number of pyridine rings is 1. The van der Waals surface area contributed by atoms with Gasteiger partial charge >= 0.3 is 11.9 Å². The largest absolute Gasteiger partial charge is 0.490 e. The van der Waals surface area contributed by atoms with Crippen LogP contribution in [0.4, 0.5) is 0 Å². The molecule has 1 heterocycles. The van der Waals surface area contributed by atoms with Crippen LogP contribution in [0.15, 0.2) is 18.2 Å². The van der Waals surface area contributed by atoms with E-state index in [1.807, 2.05) is 13.0 Å². The van der Waals surface area contributed by atoms with E-state index in [0.717, 1.165) is 12.8 Å². The van der Waals surface area contributed by atoms with Gasteiger partial charge in [-0.2, -0.15) is 0 Å². The number of aryl methyl sites for hydroxylation is 2. The third-order valence-corrected chi connectivity index (χ3v) is 4.81. The third-order valence-electron chi connectivity index (χ3n) is 4.81. The van der Waals surface area contributed by atoms with Crippen molar-refractivity contribution in [2.24, 2.45) is 0 Å². The Morgan fingerprint density at radius 3 is 1.91 bits per heavy atom. The standard InChI is InChI=1S/C25H33NO6/c1-7-11-14-32-19-13-12-18(15-20(19)29-8-2)23-21(24(27)30-9-3)16(5)26-17(6)22(23)25(28)31-10-4/h12-13,15H,7-11,14H2,1-6H3. The topological polar surface area (TPSA) is 84.0 Å². The molecule has 0 bridgehead atoms. The van der Waals surface area contributed by atoms with Crippen molar-refractivity contribution in [3.63, 3.8) is 0 Å². The molecule has 0 amide bonds. The Bertz CT molecular complexity index is 912. The molecule has 0 aliphatic carbocycles. The Balaban J connectivity index is 2.76. The van der Waals surface area contributed by atoms with Crippen LogP contribution < -0.4 is 9.47 Å². The van der Waals surface area contributed by atoms with Crippen molar-refractivity contribution in [3.05, 3.63) is 40.7 Å². The van der Waals surface area contributed by atoms with Gasteiger partial charge in [-0.05, 0) is 58.7 Å². The van der Waals surface area contributed by atoms with E-state index in [1.54, 1.807) is 39.8 Å². The summed E-state index contributed by atoms with van der Waals surface area (Å²) in [5, 5.41) is 0. The van der Waals surface area contributed by atoms with Gasteiger partial charge in [0, 0.05) is 5.56 Å². The van der Waals surface area contributed by atoms with E-state index >= 15 is 0 Å². The van der Waals surface area contributed by atoms with Gasteiger partial charge in [0.05, 0.1) is 48.9 Å². The molecule has 7 heteroatoms. The zero-order chi connectivity index (χ0) is 23.7. The Morgan fingerprint density at radius 2 is 1.41 bits per heavy atom. The molecule has 2 aromatic rings. The van der Waals surface area contributed by atoms with Crippen LogP contribution in [0, 0.1) is 13.8 Å². The first-order valence-corrected chi connectivity index (χ1v) is 11.1. The molecule has 7 nitrogen and oxygen atoms in total. The van der Waals surface area contributed by atoms with Crippen LogP contribution in [0.5, 0.6) is 11.5 Å². The number of carbonyl (C=O) groups is 2. The molecule has 0 radical (unpaired) electrons. The minimum Gasteiger partial charge on any atom is -0.490 e. The molecule has 0 atom stereocenters. The summed E-state index contributed by atoms with van der Waals surface area (Å²) in [4.78, 5) is 30.2. The van der Waals surface area contributed by atoms with E-state index in [4.69, 9.17) is 18.9 Å². The highest BCUT2D eigenvalue weighted by molar-refractivity contribution is 6.07. The monoisotopic (exact) mass is 443 g/mol. The van der Waals surface area contributed by atoms with Crippen LogP contribution in [0.3, 0.4) is 0 Å². The number of hydrogen-bond donors (Lipinski definition) is 0. The predicted molar refractivity (Wildman–Crippen MR) is 123 cm³/mol. The summed E-state index contributed by atoms with van der Waals surface area (Å²) < 4.78 is 22.3. The van der Waals surface area contributed by atoms with Gasteiger partial charge in [-0.3, -0.25) is 4.98 Å². The molecule has 0 fully saturated rings. The molecule has 2 rings (SSSR count). The minimum absolute atomic E-state index is 0.203. The summed E-state index contributed by atoms with van der Waals surface area (Å²) in [6.45, 7) is 12.3. The lowest BCUT2D eigenvalue weighted by atomic mass is 9.92. The van der Waals surface area contributed by atoms with Gasteiger partial charge in [0.2, 0.25) is 0 Å². The van der Waals surface area contributed by atoms with Gasteiger partial charge in [-0.15, -0.1) is 0 Å². The van der Waals surface area contributed by atoms with Crippen LogP contribution in [-0.2, 0) is 9.47 Å². The SMILES string of the molecule is CCCCOc1ccc(-c2c(C(=O)OCC)c(C)nc(C)c2C(=O)OCC)cc1OCC. The summed E-state index contributed by atoms with van der Waals surface area (Å²) in [5.41, 5.74) is 2.48. The fourth-order valence-electron chi connectivity index (χ4n) is 3.42. The van der Waals surface area contributed by atoms with Crippen LogP contribution in [0.25, 0.3) is 11.1 Å². The lowest BCUT2D eigenvalue weighted by Gasteiger charge is -2.19. The van der Waals surface area contributed by atoms with E-state index in [1.165, 1.54) is 0 Å². The Labute approximate surface area is 190 Å². The second-order valence-corrected chi connectivity index (χ2v) is 7.15. The van der Waals surface area contributed by atoms with E-state index in [2.05, 4.69) is 11.9 Å². The molecule has 0 saturated heterocycles. The van der Waals surface area contributed by atoms with Gasteiger partial charge < -0.3 is 18.9 Å². The van der Waals surface area contributed by atoms with E-state index in [0.29, 0.717) is 47.2 Å². The van der Waals surface area contributed by atoms with Crippen molar-refractivity contribution in [3.8, 4) is 22.6 Å². The van der Waals surface area contributed by atoms with Crippen LogP contribution in [-0.4, -0.2) is 43.4 Å². The first kappa shape index (κ1) is 25.2. The molecule has 0 N–H and O–H groups in total. The molecule has 0 unspecified atom stereocenters. The maximum atomic E-state index is 12.9. The van der Waals surface area contributed by atoms with Gasteiger partial charge in [0.25, 0.3) is 0 Å². The maximum absolute atomic E-state index is 12.9. The van der Waals surface area contributed by atoms with E-state index in [9.17, 15) is 9.59 Å². The molecule has 1 aromatic carbocycles.